The van der Waals surface area contributed by atoms with Crippen LogP contribution in [0.5, 0.6) is 46.0 Å². The molecule has 12 aromatic carbocycles. The van der Waals surface area contributed by atoms with Gasteiger partial charge in [0.05, 0.1) is 0 Å². The third-order valence-corrected chi connectivity index (χ3v) is 39.2. The number of benzene rings is 12. The normalized spacial score (nSPS) is 18.9. The topological polar surface area (TPSA) is 98.8 Å². The van der Waals surface area contributed by atoms with Crippen molar-refractivity contribution < 1.29 is 53.6 Å². The minimum absolute atomic E-state index is 0.584. The molecule has 2 spiro atoms. The molecular formula is C88H84N8O8Si2. The van der Waals surface area contributed by atoms with Crippen LogP contribution in [-0.2, 0) is 0 Å². The van der Waals surface area contributed by atoms with Gasteiger partial charge in [0.15, 0.2) is 0 Å². The molecule has 6 aliphatic heterocycles. The number of fused-ring (bicyclic) bond motifs is 4. The molecule has 6 heterocycles. The molecule has 0 aromatic heterocycles. The van der Waals surface area contributed by atoms with E-state index in [0.29, 0.717) is 72.2 Å². The molecule has 16 nitrogen and oxygen atoms in total. The van der Waals surface area contributed by atoms with E-state index in [9.17, 15) is 0 Å². The molecule has 0 unspecified atom stereocenters. The minimum atomic E-state index is -6.19. The summed E-state index contributed by atoms with van der Waals surface area (Å²) in [4.78, 5) is 0. The molecule has 2 saturated heterocycles. The van der Waals surface area contributed by atoms with Gasteiger partial charge in [-0.05, 0) is 0 Å². The van der Waals surface area contributed by atoms with Gasteiger partial charge in [0, 0.05) is 0 Å². The second-order valence-corrected chi connectivity index (χ2v) is 39.0. The van der Waals surface area contributed by atoms with E-state index in [-0.39, 0.29) is 0 Å². The molecule has 12 aromatic rings. The van der Waals surface area contributed by atoms with Gasteiger partial charge in [-0.3, -0.25) is 0 Å². The average Bonchev–Trinajstić information content (AvgIpc) is 1.15. The van der Waals surface area contributed by atoms with Crippen LogP contribution in [0.15, 0.2) is 315 Å². The summed E-state index contributed by atoms with van der Waals surface area (Å²) < 4.78 is 76.0. The summed E-state index contributed by atoms with van der Waals surface area (Å²) in [5.41, 5.74) is 15.5. The summed E-state index contributed by atoms with van der Waals surface area (Å²) in [5.74, 6) is 5.34. The molecule has 6 aliphatic rings. The van der Waals surface area contributed by atoms with Crippen LogP contribution in [0.2, 0.25) is 0 Å². The van der Waals surface area contributed by atoms with Crippen molar-refractivity contribution in [3.63, 3.8) is 0 Å². The third-order valence-electron chi connectivity index (χ3n) is 23.2. The van der Waals surface area contributed by atoms with Crippen LogP contribution in [0.1, 0.15) is 44.5 Å². The Morgan fingerprint density at radius 1 is 0.245 bits per heavy atom. The number of nitrogens with zero attached hydrogens (tertiary/aromatic N) is 8. The van der Waals surface area contributed by atoms with Crippen molar-refractivity contribution in [3.8, 4) is 46.0 Å². The zero-order valence-corrected chi connectivity index (χ0v) is 62.7. The van der Waals surface area contributed by atoms with E-state index >= 15 is 0 Å². The zero-order chi connectivity index (χ0) is 72.5. The number of para-hydroxylation sites is 4. The first kappa shape index (κ1) is 66.6. The van der Waals surface area contributed by atoms with Gasteiger partial charge >= 0.3 is 622 Å². The summed E-state index contributed by atoms with van der Waals surface area (Å²) in [5, 5.41) is 0. The molecule has 18 rings (SSSR count). The van der Waals surface area contributed by atoms with Crippen LogP contribution in [0, 0.1) is 0 Å². The van der Waals surface area contributed by atoms with Gasteiger partial charge in [0.25, 0.3) is 0 Å². The first-order valence-corrected chi connectivity index (χ1v) is 41.2. The van der Waals surface area contributed by atoms with Crippen molar-refractivity contribution in [1.29, 1.82) is 0 Å². The van der Waals surface area contributed by atoms with E-state index in [1.807, 2.05) is 48.5 Å². The van der Waals surface area contributed by atoms with Gasteiger partial charge < -0.3 is 0 Å². The molecule has 2 fully saturated rings. The number of anilines is 4. The van der Waals surface area contributed by atoms with Crippen LogP contribution in [-0.4, -0.2) is 138 Å². The van der Waals surface area contributed by atoms with Crippen molar-refractivity contribution in [2.24, 2.45) is 0 Å². The van der Waals surface area contributed by atoms with Crippen molar-refractivity contribution in [2.45, 2.75) is 0 Å². The van der Waals surface area contributed by atoms with Crippen molar-refractivity contribution in [3.05, 3.63) is 360 Å². The Balaban J connectivity index is 0.000000156. The van der Waals surface area contributed by atoms with E-state index in [2.05, 4.69) is 330 Å². The maximum absolute atomic E-state index is 8.31. The third kappa shape index (κ3) is 8.67. The first-order valence-electron chi connectivity index (χ1n) is 36.0. The molecule has 0 amide bonds. The maximum atomic E-state index is 8.31. The Morgan fingerprint density at radius 3 is 0.604 bits per heavy atom. The SMILES string of the molecule is COc1ccc2c(c1)O[Si-2]13(Oc4cc(OC)ccc4C(c4ccccc4)=[N+]1C)(N(c1ccccc1)CCN3c1ccccc1)[N+](C)=C2c1ccccc1.COc1ccc2c(c1)O[Si-2]13(Oc4cc(OC)ccc4C(c4ccccc4)=[N+]1C)(N(c1ccccc1)CCN3c1ccccc1)[N+](C)=C2c1ccccc1. The van der Waals surface area contributed by atoms with Crippen molar-refractivity contribution in [1.82, 2.24) is 0 Å². The molecule has 106 heavy (non-hydrogen) atoms. The first-order chi connectivity index (χ1) is 51.8. The second-order valence-electron chi connectivity index (χ2n) is 27.7. The van der Waals surface area contributed by atoms with Crippen LogP contribution in [0.3, 0.4) is 0 Å². The predicted octanol–water partition coefficient (Wildman–Crippen LogP) is 15.0. The molecule has 18 heteroatoms. The summed E-state index contributed by atoms with van der Waals surface area (Å²) >= 11 is 0. The van der Waals surface area contributed by atoms with Gasteiger partial charge in [0.1, 0.15) is 0 Å². The van der Waals surface area contributed by atoms with Crippen LogP contribution in [0.4, 0.5) is 22.7 Å². The summed E-state index contributed by atoms with van der Waals surface area (Å²) in [6.07, 6.45) is 0. The van der Waals surface area contributed by atoms with Gasteiger partial charge in [0.2, 0.25) is 0 Å². The van der Waals surface area contributed by atoms with Crippen LogP contribution < -0.4 is 54.9 Å². The van der Waals surface area contributed by atoms with E-state index < -0.39 is 15.5 Å². The van der Waals surface area contributed by atoms with E-state index in [1.165, 1.54) is 0 Å². The molecule has 0 aliphatic carbocycles. The summed E-state index contributed by atoms with van der Waals surface area (Å²) in [7, 11) is 3.00. The molecule has 0 atom stereocenters. The predicted molar refractivity (Wildman–Crippen MR) is 424 cm³/mol. The Morgan fingerprint density at radius 2 is 0.425 bits per heavy atom. The van der Waals surface area contributed by atoms with Crippen LogP contribution in [0.25, 0.3) is 0 Å². The molecule has 0 radical (unpaired) electrons. The van der Waals surface area contributed by atoms with Crippen molar-refractivity contribution >= 4 is 61.1 Å². The average molecular weight is 1440 g/mol. The fraction of sp³-hybridized carbons (Fsp3) is 0.136. The Kier molecular flexibility index (Phi) is 15.4. The number of hydrogen-bond donors (Lipinski definition) is 0. The summed E-state index contributed by atoms with van der Waals surface area (Å²) in [6.45, 7) is 2.34. The standard InChI is InChI=1S/2C44H42N4O4Si/c2*1-45-43(33-17-9-5-10-18-33)39-27-25-37(49-3)31-41(39)51-53(45,47(35-21-13-7-14-22-35)29-30-48(53)36-23-15-8-16-24-36)46(2)44(34-19-11-6-12-20-34)40-28-26-38(50-4)32-42(40)52-53/h2*5-28,31-32H,29-30H2,1-4H3. The second kappa shape index (κ2) is 24.5. The van der Waals surface area contributed by atoms with Gasteiger partial charge in [-0.25, -0.2) is 0 Å². The number of methoxy groups -OCH3 is 4. The molecular weight excluding hydrogens is 1350 g/mol. The van der Waals surface area contributed by atoms with E-state index in [1.54, 1.807) is 28.4 Å². The monoisotopic (exact) mass is 1440 g/mol. The number of rotatable bonds is 12. The molecule has 0 N–H and O–H groups in total. The number of hydrogen-bond acceptors (Lipinski definition) is 12. The summed E-state index contributed by atoms with van der Waals surface area (Å²) in [6, 6.07) is 109. The van der Waals surface area contributed by atoms with E-state index in [0.717, 1.165) is 90.1 Å². The Labute approximate surface area is 618 Å². The van der Waals surface area contributed by atoms with Crippen LogP contribution >= 0.6 is 0 Å². The van der Waals surface area contributed by atoms with Gasteiger partial charge in [-0.1, -0.05) is 0 Å². The Bertz CT molecular complexity index is 4910. The zero-order valence-electron chi connectivity index (χ0n) is 60.7. The molecule has 532 valence electrons. The molecule has 0 saturated carbocycles. The van der Waals surface area contributed by atoms with E-state index in [4.69, 9.17) is 36.7 Å². The van der Waals surface area contributed by atoms with Gasteiger partial charge in [-0.2, -0.15) is 0 Å². The van der Waals surface area contributed by atoms with Crippen molar-refractivity contribution in [2.75, 3.05) is 101 Å². The van der Waals surface area contributed by atoms with Gasteiger partial charge in [-0.15, -0.1) is 0 Å². The fourth-order valence-electron chi connectivity index (χ4n) is 18.7. The molecule has 0 bridgehead atoms. The number of ether oxygens (including phenoxy) is 4. The fourth-order valence-corrected chi connectivity index (χ4v) is 35.9. The Hall–Kier alpha value is -12.6. The quantitative estimate of drug-likeness (QED) is 0.109.